The number of nitrogens with zero attached hydrogens (tertiary/aromatic N) is 3. The quantitative estimate of drug-likeness (QED) is 0.350. The van der Waals surface area contributed by atoms with Crippen LogP contribution in [0.1, 0.15) is 38.2 Å². The van der Waals surface area contributed by atoms with Gasteiger partial charge in [0.05, 0.1) is 19.1 Å². The van der Waals surface area contributed by atoms with E-state index in [9.17, 15) is 4.79 Å². The lowest BCUT2D eigenvalue weighted by Crippen LogP contribution is -2.49. The molecule has 27 heavy (non-hydrogen) atoms. The van der Waals surface area contributed by atoms with Gasteiger partial charge in [0.2, 0.25) is 11.8 Å². The van der Waals surface area contributed by atoms with Crippen LogP contribution in [0.25, 0.3) is 0 Å². The SMILES string of the molecule is CCNC(=NCc1cccnc1OC)NCC1(C(=O)N(C)C)CCCC1.I. The molecule has 2 rings (SSSR count). The van der Waals surface area contributed by atoms with Gasteiger partial charge in [0.1, 0.15) is 0 Å². The molecule has 0 aliphatic heterocycles. The van der Waals surface area contributed by atoms with E-state index in [-0.39, 0.29) is 35.3 Å². The highest BCUT2D eigenvalue weighted by atomic mass is 127. The van der Waals surface area contributed by atoms with Crippen molar-refractivity contribution in [2.24, 2.45) is 10.4 Å². The third-order valence-electron chi connectivity index (χ3n) is 4.81. The third kappa shape index (κ3) is 6.22. The zero-order chi connectivity index (χ0) is 19.0. The monoisotopic (exact) mass is 489 g/mol. The number of amides is 1. The van der Waals surface area contributed by atoms with Crippen LogP contribution in [0.3, 0.4) is 0 Å². The summed E-state index contributed by atoms with van der Waals surface area (Å²) >= 11 is 0. The lowest BCUT2D eigenvalue weighted by atomic mass is 9.84. The minimum Gasteiger partial charge on any atom is -0.481 e. The molecule has 1 aromatic rings. The summed E-state index contributed by atoms with van der Waals surface area (Å²) in [4.78, 5) is 23.2. The maximum atomic E-state index is 12.7. The number of pyridine rings is 1. The van der Waals surface area contributed by atoms with E-state index in [1.807, 2.05) is 33.2 Å². The number of guanidine groups is 1. The molecule has 7 nitrogen and oxygen atoms in total. The van der Waals surface area contributed by atoms with Gasteiger partial charge in [-0.05, 0) is 25.8 Å². The Morgan fingerprint density at radius 2 is 2.04 bits per heavy atom. The van der Waals surface area contributed by atoms with Gasteiger partial charge < -0.3 is 20.3 Å². The Balaban J connectivity index is 0.00000364. The molecule has 0 unspecified atom stereocenters. The molecular formula is C19H32IN5O2. The van der Waals surface area contributed by atoms with Gasteiger partial charge in [0, 0.05) is 38.9 Å². The highest BCUT2D eigenvalue weighted by molar-refractivity contribution is 14.0. The van der Waals surface area contributed by atoms with Gasteiger partial charge in [0.15, 0.2) is 5.96 Å². The Morgan fingerprint density at radius 3 is 2.63 bits per heavy atom. The first-order chi connectivity index (χ1) is 12.5. The van der Waals surface area contributed by atoms with Crippen molar-refractivity contribution < 1.29 is 9.53 Å². The van der Waals surface area contributed by atoms with Gasteiger partial charge in [0.25, 0.3) is 0 Å². The van der Waals surface area contributed by atoms with Crippen LogP contribution in [0.2, 0.25) is 0 Å². The second-order valence-electron chi connectivity index (χ2n) is 6.91. The number of aromatic nitrogens is 1. The van der Waals surface area contributed by atoms with Gasteiger partial charge in [-0.15, -0.1) is 24.0 Å². The molecule has 2 N–H and O–H groups in total. The molecule has 0 spiro atoms. The summed E-state index contributed by atoms with van der Waals surface area (Å²) in [5.41, 5.74) is 0.596. The maximum Gasteiger partial charge on any atom is 0.230 e. The Bertz CT molecular complexity index is 630. The van der Waals surface area contributed by atoms with Crippen LogP contribution in [-0.2, 0) is 11.3 Å². The van der Waals surface area contributed by atoms with Crippen LogP contribution in [0.15, 0.2) is 23.3 Å². The van der Waals surface area contributed by atoms with Gasteiger partial charge in [-0.1, -0.05) is 18.9 Å². The van der Waals surface area contributed by atoms with Crippen molar-refractivity contribution in [1.82, 2.24) is 20.5 Å². The summed E-state index contributed by atoms with van der Waals surface area (Å²) in [5, 5.41) is 6.63. The van der Waals surface area contributed by atoms with E-state index in [1.165, 1.54) is 0 Å². The molecule has 0 radical (unpaired) electrons. The van der Waals surface area contributed by atoms with Crippen molar-refractivity contribution in [1.29, 1.82) is 0 Å². The van der Waals surface area contributed by atoms with E-state index >= 15 is 0 Å². The smallest absolute Gasteiger partial charge is 0.230 e. The lowest BCUT2D eigenvalue weighted by Gasteiger charge is -2.31. The Hall–Kier alpha value is -1.58. The molecule has 0 aromatic carbocycles. The molecular weight excluding hydrogens is 457 g/mol. The molecule has 1 heterocycles. The predicted molar refractivity (Wildman–Crippen MR) is 119 cm³/mol. The Kier molecular flexibility index (Phi) is 9.82. The summed E-state index contributed by atoms with van der Waals surface area (Å²) in [6, 6.07) is 3.82. The minimum absolute atomic E-state index is 0. The van der Waals surface area contributed by atoms with Gasteiger partial charge in [-0.2, -0.15) is 0 Å². The highest BCUT2D eigenvalue weighted by Gasteiger charge is 2.42. The molecule has 0 atom stereocenters. The number of nitrogens with one attached hydrogen (secondary N) is 2. The standard InChI is InChI=1S/C19H31N5O2.HI/c1-5-20-18(22-13-15-9-8-12-21-16(15)26-4)23-14-19(10-6-7-11-19)17(25)24(2)3;/h8-9,12H,5-7,10-11,13-14H2,1-4H3,(H2,20,22,23);1H. The molecule has 1 aromatic heterocycles. The van der Waals surface area contributed by atoms with Crippen LogP contribution in [0.4, 0.5) is 0 Å². The first kappa shape index (κ1) is 23.5. The van der Waals surface area contributed by atoms with Crippen molar-refractivity contribution in [3.05, 3.63) is 23.9 Å². The number of methoxy groups -OCH3 is 1. The van der Waals surface area contributed by atoms with E-state index in [0.717, 1.165) is 37.8 Å². The largest absolute Gasteiger partial charge is 0.481 e. The molecule has 1 saturated carbocycles. The van der Waals surface area contributed by atoms with Gasteiger partial charge >= 0.3 is 0 Å². The number of hydrogen-bond donors (Lipinski definition) is 2. The first-order valence-corrected chi connectivity index (χ1v) is 9.24. The van der Waals surface area contributed by atoms with Crippen LogP contribution in [0.5, 0.6) is 5.88 Å². The predicted octanol–water partition coefficient (Wildman–Crippen LogP) is 2.41. The maximum absolute atomic E-state index is 12.7. The normalized spacial score (nSPS) is 15.6. The summed E-state index contributed by atoms with van der Waals surface area (Å²) in [6.45, 7) is 3.84. The minimum atomic E-state index is -0.328. The number of aliphatic imine (C=N–C) groups is 1. The number of carbonyl (C=O) groups is 1. The highest BCUT2D eigenvalue weighted by Crippen LogP contribution is 2.38. The van der Waals surface area contributed by atoms with E-state index in [0.29, 0.717) is 24.9 Å². The molecule has 1 amide bonds. The number of hydrogen-bond acceptors (Lipinski definition) is 4. The molecule has 0 saturated heterocycles. The van der Waals surface area contributed by atoms with Crippen LogP contribution in [-0.4, -0.2) is 56.0 Å². The molecule has 1 fully saturated rings. The summed E-state index contributed by atoms with van der Waals surface area (Å²) in [5.74, 6) is 1.49. The average Bonchev–Trinajstić information content (AvgIpc) is 3.13. The Labute approximate surface area is 179 Å². The van der Waals surface area contributed by atoms with Crippen LogP contribution in [0, 0.1) is 5.41 Å². The van der Waals surface area contributed by atoms with Crippen molar-refractivity contribution in [3.8, 4) is 5.88 Å². The number of rotatable bonds is 7. The first-order valence-electron chi connectivity index (χ1n) is 9.24. The Morgan fingerprint density at radius 1 is 1.33 bits per heavy atom. The molecule has 1 aliphatic rings. The van der Waals surface area contributed by atoms with Gasteiger partial charge in [-0.3, -0.25) is 4.79 Å². The summed E-state index contributed by atoms with van der Waals surface area (Å²) in [7, 11) is 5.27. The van der Waals surface area contributed by atoms with E-state index in [2.05, 4.69) is 20.6 Å². The fourth-order valence-electron chi connectivity index (χ4n) is 3.48. The van der Waals surface area contributed by atoms with Crippen LogP contribution >= 0.6 is 24.0 Å². The van der Waals surface area contributed by atoms with Crippen molar-refractivity contribution >= 4 is 35.8 Å². The second kappa shape index (κ2) is 11.3. The fraction of sp³-hybridized carbons (Fsp3) is 0.632. The fourth-order valence-corrected chi connectivity index (χ4v) is 3.48. The third-order valence-corrected chi connectivity index (χ3v) is 4.81. The number of carbonyl (C=O) groups excluding carboxylic acids is 1. The molecule has 1 aliphatic carbocycles. The molecule has 0 bridgehead atoms. The van der Waals surface area contributed by atoms with Crippen molar-refractivity contribution in [2.45, 2.75) is 39.2 Å². The van der Waals surface area contributed by atoms with Crippen molar-refractivity contribution in [3.63, 3.8) is 0 Å². The van der Waals surface area contributed by atoms with E-state index in [4.69, 9.17) is 4.74 Å². The lowest BCUT2D eigenvalue weighted by molar-refractivity contribution is -0.138. The topological polar surface area (TPSA) is 78.9 Å². The van der Waals surface area contributed by atoms with E-state index < -0.39 is 0 Å². The summed E-state index contributed by atoms with van der Waals surface area (Å²) in [6.07, 6.45) is 5.75. The number of halogens is 1. The molecule has 152 valence electrons. The van der Waals surface area contributed by atoms with Gasteiger partial charge in [-0.25, -0.2) is 9.98 Å². The zero-order valence-electron chi connectivity index (χ0n) is 16.7. The van der Waals surface area contributed by atoms with E-state index in [1.54, 1.807) is 18.2 Å². The van der Waals surface area contributed by atoms with Crippen LogP contribution < -0.4 is 15.4 Å². The number of ether oxygens (including phenoxy) is 1. The zero-order valence-corrected chi connectivity index (χ0v) is 19.1. The van der Waals surface area contributed by atoms with Crippen molar-refractivity contribution in [2.75, 3.05) is 34.3 Å². The summed E-state index contributed by atoms with van der Waals surface area (Å²) < 4.78 is 5.28. The average molecular weight is 489 g/mol. The second-order valence-corrected chi connectivity index (χ2v) is 6.91. The molecule has 8 heteroatoms.